The first-order valence-corrected chi connectivity index (χ1v) is 10.2. The van der Waals surface area contributed by atoms with Gasteiger partial charge in [-0.3, -0.25) is 9.59 Å². The number of benzene rings is 1. The zero-order valence-corrected chi connectivity index (χ0v) is 17.2. The lowest BCUT2D eigenvalue weighted by atomic mass is 10.1. The number of carbonyl (C=O) groups is 2. The first-order valence-electron chi connectivity index (χ1n) is 9.78. The minimum Gasteiger partial charge on any atom is -0.359 e. The van der Waals surface area contributed by atoms with Gasteiger partial charge in [-0.25, -0.2) is 4.98 Å². The Kier molecular flexibility index (Phi) is 5.69. The maximum atomic E-state index is 13.1. The SMILES string of the molecule is CN1CCCN(C(=O)c2cnc3c(c2)N(Cc2ccc(Cl)cc2)C(=O)CN3)CC1. The molecule has 7 nitrogen and oxygen atoms in total. The van der Waals surface area contributed by atoms with Crippen LogP contribution in [0.2, 0.25) is 5.02 Å². The Morgan fingerprint density at radius 2 is 1.97 bits per heavy atom. The summed E-state index contributed by atoms with van der Waals surface area (Å²) >= 11 is 5.97. The number of pyridine rings is 1. The van der Waals surface area contributed by atoms with Gasteiger partial charge in [0, 0.05) is 30.9 Å². The van der Waals surface area contributed by atoms with E-state index in [1.165, 1.54) is 0 Å². The average Bonchev–Trinajstić information content (AvgIpc) is 2.95. The van der Waals surface area contributed by atoms with Crippen LogP contribution in [0.15, 0.2) is 36.5 Å². The van der Waals surface area contributed by atoms with Gasteiger partial charge in [-0.15, -0.1) is 0 Å². The molecule has 0 aliphatic carbocycles. The van der Waals surface area contributed by atoms with E-state index >= 15 is 0 Å². The monoisotopic (exact) mass is 413 g/mol. The van der Waals surface area contributed by atoms with Crippen LogP contribution in [0.3, 0.4) is 0 Å². The summed E-state index contributed by atoms with van der Waals surface area (Å²) < 4.78 is 0. The van der Waals surface area contributed by atoms with Crippen molar-refractivity contribution in [1.29, 1.82) is 0 Å². The Balaban J connectivity index is 1.60. The summed E-state index contributed by atoms with van der Waals surface area (Å²) in [6.45, 7) is 3.84. The van der Waals surface area contributed by atoms with Crippen LogP contribution in [0.5, 0.6) is 0 Å². The van der Waals surface area contributed by atoms with Gasteiger partial charge in [-0.1, -0.05) is 23.7 Å². The molecule has 1 aromatic carbocycles. The van der Waals surface area contributed by atoms with Crippen LogP contribution in [-0.2, 0) is 11.3 Å². The van der Waals surface area contributed by atoms with Gasteiger partial charge < -0.3 is 20.0 Å². The summed E-state index contributed by atoms with van der Waals surface area (Å²) in [6, 6.07) is 9.18. The number of amides is 2. The van der Waals surface area contributed by atoms with Gasteiger partial charge in [0.1, 0.15) is 0 Å². The largest absolute Gasteiger partial charge is 0.359 e. The number of fused-ring (bicyclic) bond motifs is 1. The van der Waals surface area contributed by atoms with E-state index in [9.17, 15) is 9.59 Å². The van der Waals surface area contributed by atoms with Crippen LogP contribution in [0.4, 0.5) is 11.5 Å². The number of nitrogens with one attached hydrogen (secondary N) is 1. The van der Waals surface area contributed by atoms with Crippen LogP contribution < -0.4 is 10.2 Å². The van der Waals surface area contributed by atoms with Gasteiger partial charge >= 0.3 is 0 Å². The molecule has 1 fully saturated rings. The normalized spacial score (nSPS) is 17.5. The van der Waals surface area contributed by atoms with Crippen LogP contribution in [-0.4, -0.2) is 66.4 Å². The summed E-state index contributed by atoms with van der Waals surface area (Å²) in [7, 11) is 2.07. The lowest BCUT2D eigenvalue weighted by molar-refractivity contribution is -0.117. The Bertz CT molecular complexity index is 918. The van der Waals surface area contributed by atoms with E-state index in [1.54, 1.807) is 29.3 Å². The van der Waals surface area contributed by atoms with Crippen molar-refractivity contribution in [1.82, 2.24) is 14.8 Å². The minimum absolute atomic E-state index is 0.0416. The van der Waals surface area contributed by atoms with Crippen molar-refractivity contribution in [2.45, 2.75) is 13.0 Å². The van der Waals surface area contributed by atoms with Crippen molar-refractivity contribution in [3.05, 3.63) is 52.7 Å². The van der Waals surface area contributed by atoms with Crippen molar-refractivity contribution < 1.29 is 9.59 Å². The minimum atomic E-state index is -0.0600. The second-order valence-electron chi connectivity index (χ2n) is 7.50. The summed E-state index contributed by atoms with van der Waals surface area (Å²) in [6.07, 6.45) is 2.54. The van der Waals surface area contributed by atoms with Crippen molar-refractivity contribution in [3.63, 3.8) is 0 Å². The quantitative estimate of drug-likeness (QED) is 0.837. The lowest BCUT2D eigenvalue weighted by Crippen LogP contribution is -2.40. The number of nitrogens with zero attached hydrogens (tertiary/aromatic N) is 4. The first kappa shape index (κ1) is 19.7. The highest BCUT2D eigenvalue weighted by atomic mass is 35.5. The third-order valence-electron chi connectivity index (χ3n) is 5.37. The number of aromatic nitrogens is 1. The molecule has 1 N–H and O–H groups in total. The molecule has 2 aliphatic heterocycles. The van der Waals surface area contributed by atoms with E-state index in [0.717, 1.165) is 31.6 Å². The van der Waals surface area contributed by atoms with Crippen LogP contribution >= 0.6 is 11.6 Å². The standard InChI is InChI=1S/C21H24ClN5O2/c1-25-7-2-8-26(10-9-25)21(29)16-11-18-20(23-12-16)24-13-19(28)27(18)14-15-3-5-17(22)6-4-15/h3-6,11-12H,2,7-10,13-14H2,1H3,(H,23,24). The van der Waals surface area contributed by atoms with Crippen molar-refractivity contribution >= 4 is 34.9 Å². The predicted octanol–water partition coefficient (Wildman–Crippen LogP) is 2.47. The third-order valence-corrected chi connectivity index (χ3v) is 5.63. The molecule has 152 valence electrons. The molecule has 2 aliphatic rings. The van der Waals surface area contributed by atoms with Crippen molar-refractivity contribution in [3.8, 4) is 0 Å². The number of anilines is 2. The van der Waals surface area contributed by atoms with Crippen molar-refractivity contribution in [2.75, 3.05) is 50.0 Å². The number of hydrogen-bond acceptors (Lipinski definition) is 5. The molecule has 1 saturated heterocycles. The van der Waals surface area contributed by atoms with E-state index in [2.05, 4.69) is 22.2 Å². The zero-order chi connectivity index (χ0) is 20.4. The Morgan fingerprint density at radius 3 is 2.76 bits per heavy atom. The average molecular weight is 414 g/mol. The first-order chi connectivity index (χ1) is 14.0. The summed E-state index contributed by atoms with van der Waals surface area (Å²) in [5.74, 6) is 0.515. The molecule has 0 spiro atoms. The van der Waals surface area contributed by atoms with Crippen molar-refractivity contribution in [2.24, 2.45) is 0 Å². The van der Waals surface area contributed by atoms with E-state index < -0.39 is 0 Å². The topological polar surface area (TPSA) is 68.8 Å². The van der Waals surface area contributed by atoms with E-state index in [1.807, 2.05) is 17.0 Å². The number of carbonyl (C=O) groups excluding carboxylic acids is 2. The molecule has 0 bridgehead atoms. The third kappa shape index (κ3) is 4.36. The molecule has 4 rings (SSSR count). The molecule has 8 heteroatoms. The summed E-state index contributed by atoms with van der Waals surface area (Å²) in [5.41, 5.74) is 2.10. The van der Waals surface area contributed by atoms with E-state index in [-0.39, 0.29) is 18.4 Å². The number of likely N-dealkylation sites (N-methyl/N-ethyl adjacent to an activating group) is 1. The number of halogens is 1. The Labute approximate surface area is 175 Å². The second-order valence-corrected chi connectivity index (χ2v) is 7.94. The highest BCUT2D eigenvalue weighted by molar-refractivity contribution is 6.30. The summed E-state index contributed by atoms with van der Waals surface area (Å²) in [5, 5.41) is 3.70. The smallest absolute Gasteiger partial charge is 0.255 e. The van der Waals surface area contributed by atoms with Crippen LogP contribution in [0.25, 0.3) is 0 Å². The zero-order valence-electron chi connectivity index (χ0n) is 16.4. The van der Waals surface area contributed by atoms with Crippen LogP contribution in [0, 0.1) is 0 Å². The Hall–Kier alpha value is -2.64. The Morgan fingerprint density at radius 1 is 1.17 bits per heavy atom. The molecule has 1 aromatic heterocycles. The molecular weight excluding hydrogens is 390 g/mol. The van der Waals surface area contributed by atoms with E-state index in [4.69, 9.17) is 11.6 Å². The highest BCUT2D eigenvalue weighted by Gasteiger charge is 2.27. The summed E-state index contributed by atoms with van der Waals surface area (Å²) in [4.78, 5) is 35.9. The van der Waals surface area contributed by atoms with Gasteiger partial charge in [0.25, 0.3) is 5.91 Å². The lowest BCUT2D eigenvalue weighted by Gasteiger charge is -2.30. The predicted molar refractivity (Wildman–Crippen MR) is 113 cm³/mol. The molecule has 2 amide bonds. The number of hydrogen-bond donors (Lipinski definition) is 1. The molecule has 0 atom stereocenters. The molecular formula is C21H24ClN5O2. The molecule has 0 unspecified atom stereocenters. The highest BCUT2D eigenvalue weighted by Crippen LogP contribution is 2.30. The molecule has 3 heterocycles. The fourth-order valence-corrected chi connectivity index (χ4v) is 3.81. The van der Waals surface area contributed by atoms with Crippen LogP contribution in [0.1, 0.15) is 22.3 Å². The molecule has 0 radical (unpaired) electrons. The van der Waals surface area contributed by atoms with Gasteiger partial charge in [0.2, 0.25) is 5.91 Å². The van der Waals surface area contributed by atoms with Gasteiger partial charge in [-0.05, 0) is 43.8 Å². The molecule has 29 heavy (non-hydrogen) atoms. The van der Waals surface area contributed by atoms with Gasteiger partial charge in [-0.2, -0.15) is 0 Å². The fourth-order valence-electron chi connectivity index (χ4n) is 3.68. The number of rotatable bonds is 3. The molecule has 2 aromatic rings. The van der Waals surface area contributed by atoms with Gasteiger partial charge in [0.15, 0.2) is 5.82 Å². The fraction of sp³-hybridized carbons (Fsp3) is 0.381. The van der Waals surface area contributed by atoms with E-state index in [0.29, 0.717) is 35.2 Å². The second kappa shape index (κ2) is 8.39. The molecule has 0 saturated carbocycles. The van der Waals surface area contributed by atoms with Gasteiger partial charge in [0.05, 0.1) is 24.3 Å². The maximum Gasteiger partial charge on any atom is 0.255 e. The maximum absolute atomic E-state index is 13.1.